The highest BCUT2D eigenvalue weighted by molar-refractivity contribution is 5.43. The van der Waals surface area contributed by atoms with E-state index in [1.807, 2.05) is 0 Å². The van der Waals surface area contributed by atoms with Crippen LogP contribution in [0.1, 0.15) is 11.1 Å². The molecule has 0 aliphatic rings. The number of hydrogen-bond acceptors (Lipinski definition) is 3. The quantitative estimate of drug-likeness (QED) is 0.704. The predicted octanol–water partition coefficient (Wildman–Crippen LogP) is 1.47. The molecule has 0 bridgehead atoms. The summed E-state index contributed by atoms with van der Waals surface area (Å²) in [7, 11) is 0. The molecule has 0 aliphatic carbocycles. The smallest absolute Gasteiger partial charge is 0.166 e. The molecule has 0 aliphatic heterocycles. The second kappa shape index (κ2) is 3.55. The van der Waals surface area contributed by atoms with Gasteiger partial charge >= 0.3 is 0 Å². The van der Waals surface area contributed by atoms with E-state index in [1.54, 1.807) is 12.1 Å². The molecule has 1 aromatic carbocycles. The molecular weight excluding hydrogens is 171 g/mol. The lowest BCUT2D eigenvalue weighted by Crippen LogP contribution is -1.89. The number of phenolic OH excluding ortho intramolecular Hbond substituents is 1. The van der Waals surface area contributed by atoms with Gasteiger partial charge in [0.25, 0.3) is 0 Å². The van der Waals surface area contributed by atoms with Crippen molar-refractivity contribution in [3.63, 3.8) is 0 Å². The standard InChI is InChI=1S/C9H5FN2O/c10-8-4-6(5-12)3-7(1-2-11)9(8)13/h3-4,13H,1H2. The van der Waals surface area contributed by atoms with E-state index in [2.05, 4.69) is 0 Å². The van der Waals surface area contributed by atoms with Crippen LogP contribution < -0.4 is 0 Å². The maximum Gasteiger partial charge on any atom is 0.166 e. The summed E-state index contributed by atoms with van der Waals surface area (Å²) < 4.78 is 12.8. The molecule has 0 atom stereocenters. The van der Waals surface area contributed by atoms with Crippen LogP contribution in [0.3, 0.4) is 0 Å². The van der Waals surface area contributed by atoms with E-state index in [-0.39, 0.29) is 17.5 Å². The minimum absolute atomic E-state index is 0.0977. The Bertz CT molecular complexity index is 415. The van der Waals surface area contributed by atoms with Crippen molar-refractivity contribution in [2.45, 2.75) is 6.42 Å². The Morgan fingerprint density at radius 2 is 2.08 bits per heavy atom. The number of nitriles is 2. The third-order valence-corrected chi connectivity index (χ3v) is 1.54. The lowest BCUT2D eigenvalue weighted by molar-refractivity contribution is 0.427. The highest BCUT2D eigenvalue weighted by atomic mass is 19.1. The van der Waals surface area contributed by atoms with E-state index in [1.165, 1.54) is 6.07 Å². The zero-order valence-corrected chi connectivity index (χ0v) is 6.58. The summed E-state index contributed by atoms with van der Waals surface area (Å²) in [5, 5.41) is 25.9. The Morgan fingerprint density at radius 3 is 2.62 bits per heavy atom. The van der Waals surface area contributed by atoms with Gasteiger partial charge in [-0.05, 0) is 12.1 Å². The summed E-state index contributed by atoms with van der Waals surface area (Å²) in [5.41, 5.74) is 0.236. The summed E-state index contributed by atoms with van der Waals surface area (Å²) in [6.45, 7) is 0. The van der Waals surface area contributed by atoms with Crippen molar-refractivity contribution in [3.05, 3.63) is 29.1 Å². The van der Waals surface area contributed by atoms with Crippen molar-refractivity contribution >= 4 is 0 Å². The Hall–Kier alpha value is -2.07. The second-order valence-electron chi connectivity index (χ2n) is 2.41. The highest BCUT2D eigenvalue weighted by Gasteiger charge is 2.08. The Balaban J connectivity index is 3.28. The van der Waals surface area contributed by atoms with Crippen LogP contribution in [0.15, 0.2) is 12.1 Å². The van der Waals surface area contributed by atoms with Gasteiger partial charge in [-0.1, -0.05) is 0 Å². The first-order valence-electron chi connectivity index (χ1n) is 3.47. The molecular formula is C9H5FN2O. The van der Waals surface area contributed by atoms with Gasteiger partial charge in [0.1, 0.15) is 0 Å². The molecule has 1 aromatic rings. The lowest BCUT2D eigenvalue weighted by Gasteiger charge is -2.01. The van der Waals surface area contributed by atoms with Crippen LogP contribution in [0.2, 0.25) is 0 Å². The summed E-state index contributed by atoms with van der Waals surface area (Å²) in [5.74, 6) is -1.43. The van der Waals surface area contributed by atoms with Gasteiger partial charge in [0.2, 0.25) is 0 Å². The molecule has 3 nitrogen and oxygen atoms in total. The van der Waals surface area contributed by atoms with Gasteiger partial charge in [0.15, 0.2) is 11.6 Å². The Morgan fingerprint density at radius 1 is 1.38 bits per heavy atom. The van der Waals surface area contributed by atoms with Crippen LogP contribution in [-0.4, -0.2) is 5.11 Å². The fourth-order valence-corrected chi connectivity index (χ4v) is 0.940. The Kier molecular flexibility index (Phi) is 2.47. The lowest BCUT2D eigenvalue weighted by atomic mass is 10.1. The monoisotopic (exact) mass is 176 g/mol. The fraction of sp³-hybridized carbons (Fsp3) is 0.111. The van der Waals surface area contributed by atoms with Gasteiger partial charge < -0.3 is 5.11 Å². The molecule has 13 heavy (non-hydrogen) atoms. The van der Waals surface area contributed by atoms with Gasteiger partial charge in [-0.25, -0.2) is 4.39 Å². The molecule has 0 aromatic heterocycles. The molecule has 0 heterocycles. The summed E-state index contributed by atoms with van der Waals surface area (Å²) in [6.07, 6.45) is -0.113. The zero-order chi connectivity index (χ0) is 9.84. The molecule has 0 amide bonds. The molecule has 0 spiro atoms. The van der Waals surface area contributed by atoms with E-state index >= 15 is 0 Å². The van der Waals surface area contributed by atoms with E-state index in [9.17, 15) is 4.39 Å². The Labute approximate surface area is 74.3 Å². The second-order valence-corrected chi connectivity index (χ2v) is 2.41. The van der Waals surface area contributed by atoms with Gasteiger partial charge in [-0.2, -0.15) is 10.5 Å². The molecule has 0 saturated heterocycles. The first-order valence-corrected chi connectivity index (χ1v) is 3.47. The van der Waals surface area contributed by atoms with Crippen molar-refractivity contribution in [2.24, 2.45) is 0 Å². The molecule has 1 N–H and O–H groups in total. The minimum Gasteiger partial charge on any atom is -0.505 e. The first-order chi connectivity index (χ1) is 6.19. The maximum absolute atomic E-state index is 12.8. The largest absolute Gasteiger partial charge is 0.505 e. The van der Waals surface area contributed by atoms with Gasteiger partial charge in [-0.3, -0.25) is 0 Å². The third kappa shape index (κ3) is 1.74. The highest BCUT2D eigenvalue weighted by Crippen LogP contribution is 2.22. The average molecular weight is 176 g/mol. The molecule has 0 saturated carbocycles. The van der Waals surface area contributed by atoms with Crippen LogP contribution in [0.4, 0.5) is 4.39 Å². The number of nitrogens with zero attached hydrogens (tertiary/aromatic N) is 2. The number of benzene rings is 1. The molecule has 64 valence electrons. The van der Waals surface area contributed by atoms with Gasteiger partial charge in [0, 0.05) is 5.56 Å². The average Bonchev–Trinajstić information content (AvgIpc) is 2.13. The van der Waals surface area contributed by atoms with E-state index < -0.39 is 11.6 Å². The van der Waals surface area contributed by atoms with Crippen LogP contribution in [0.5, 0.6) is 5.75 Å². The maximum atomic E-state index is 12.8. The first kappa shape index (κ1) is 9.02. The topological polar surface area (TPSA) is 67.8 Å². The number of halogens is 1. The minimum atomic E-state index is -0.871. The SMILES string of the molecule is N#CCc1cc(C#N)cc(F)c1O. The van der Waals surface area contributed by atoms with Gasteiger partial charge in [-0.15, -0.1) is 0 Å². The molecule has 4 heteroatoms. The van der Waals surface area contributed by atoms with Crippen molar-refractivity contribution in [3.8, 4) is 17.9 Å². The molecule has 0 unspecified atom stereocenters. The van der Waals surface area contributed by atoms with E-state index in [0.717, 1.165) is 6.07 Å². The van der Waals surface area contributed by atoms with Crippen LogP contribution >= 0.6 is 0 Å². The summed E-state index contributed by atoms with van der Waals surface area (Å²) in [6, 6.07) is 5.72. The fourth-order valence-electron chi connectivity index (χ4n) is 0.940. The van der Waals surface area contributed by atoms with Crippen molar-refractivity contribution < 1.29 is 9.50 Å². The van der Waals surface area contributed by atoms with Crippen molar-refractivity contribution in [2.75, 3.05) is 0 Å². The van der Waals surface area contributed by atoms with E-state index in [4.69, 9.17) is 15.6 Å². The molecule has 0 fully saturated rings. The summed E-state index contributed by atoms with van der Waals surface area (Å²) in [4.78, 5) is 0. The zero-order valence-electron chi connectivity index (χ0n) is 6.58. The molecule has 1 rings (SSSR count). The number of aromatic hydroxyl groups is 1. The van der Waals surface area contributed by atoms with Crippen molar-refractivity contribution in [1.29, 1.82) is 10.5 Å². The van der Waals surface area contributed by atoms with Crippen LogP contribution in [0.25, 0.3) is 0 Å². The van der Waals surface area contributed by atoms with Crippen LogP contribution in [-0.2, 0) is 6.42 Å². The van der Waals surface area contributed by atoms with Crippen molar-refractivity contribution in [1.82, 2.24) is 0 Å². The normalized spacial score (nSPS) is 8.85. The number of hydrogen-bond donors (Lipinski definition) is 1. The number of rotatable bonds is 1. The van der Waals surface area contributed by atoms with Gasteiger partial charge in [0.05, 0.1) is 24.1 Å². The predicted molar refractivity (Wildman–Crippen MR) is 42.1 cm³/mol. The van der Waals surface area contributed by atoms with Crippen LogP contribution in [0, 0.1) is 28.5 Å². The summed E-state index contributed by atoms with van der Waals surface area (Å²) >= 11 is 0. The number of phenols is 1. The third-order valence-electron chi connectivity index (χ3n) is 1.54. The molecule has 0 radical (unpaired) electrons. The van der Waals surface area contributed by atoms with E-state index in [0.29, 0.717) is 0 Å².